The summed E-state index contributed by atoms with van der Waals surface area (Å²) in [6.45, 7) is 8.80. The first-order valence-electron chi connectivity index (χ1n) is 5.53. The minimum absolute atomic E-state index is 0.322. The van der Waals surface area contributed by atoms with Crippen molar-refractivity contribution < 1.29 is 9.53 Å². The van der Waals surface area contributed by atoms with Crippen LogP contribution in [0, 0.1) is 6.92 Å². The second-order valence-corrected chi connectivity index (χ2v) is 5.87. The predicted octanol–water partition coefficient (Wildman–Crippen LogP) is 2.71. The molecule has 17 heavy (non-hydrogen) atoms. The Labute approximate surface area is 109 Å². The third kappa shape index (κ3) is 2.31. The van der Waals surface area contributed by atoms with E-state index in [1.807, 2.05) is 32.4 Å². The lowest BCUT2D eigenvalue weighted by Gasteiger charge is -2.24. The lowest BCUT2D eigenvalue weighted by atomic mass is 10.2. The molecule has 1 amide bonds. The Bertz CT molecular complexity index is 462. The molecule has 0 atom stereocenters. The number of halogens is 1. The molecule has 1 aliphatic heterocycles. The summed E-state index contributed by atoms with van der Waals surface area (Å²) in [4.78, 5) is 13.6. The molecule has 1 aromatic heterocycles. The van der Waals surface area contributed by atoms with Crippen molar-refractivity contribution in [3.8, 4) is 0 Å². The van der Waals surface area contributed by atoms with Crippen molar-refractivity contribution in [2.75, 3.05) is 11.4 Å². The largest absolute Gasteiger partial charge is 0.443 e. The molecule has 0 saturated heterocycles. The summed E-state index contributed by atoms with van der Waals surface area (Å²) in [6, 6.07) is 0. The molecule has 0 aromatic carbocycles. The summed E-state index contributed by atoms with van der Waals surface area (Å²) < 4.78 is 8.05. The van der Waals surface area contributed by atoms with Crippen LogP contribution in [-0.2, 0) is 11.3 Å². The predicted molar refractivity (Wildman–Crippen MR) is 68.2 cm³/mol. The van der Waals surface area contributed by atoms with Crippen LogP contribution < -0.4 is 4.90 Å². The van der Waals surface area contributed by atoms with Gasteiger partial charge >= 0.3 is 6.09 Å². The highest BCUT2D eigenvalue weighted by molar-refractivity contribution is 9.10. The van der Waals surface area contributed by atoms with Gasteiger partial charge in [-0.25, -0.2) is 9.48 Å². The van der Waals surface area contributed by atoms with E-state index in [0.29, 0.717) is 13.1 Å². The smallest absolute Gasteiger partial charge is 0.416 e. The Kier molecular flexibility index (Phi) is 2.93. The van der Waals surface area contributed by atoms with Crippen LogP contribution in [0.4, 0.5) is 10.6 Å². The molecule has 1 aromatic rings. The highest BCUT2D eigenvalue weighted by Gasteiger charge is 2.32. The van der Waals surface area contributed by atoms with Gasteiger partial charge in [0.05, 0.1) is 23.3 Å². The van der Waals surface area contributed by atoms with Crippen molar-refractivity contribution in [1.29, 1.82) is 0 Å². The van der Waals surface area contributed by atoms with Gasteiger partial charge in [0, 0.05) is 0 Å². The second kappa shape index (κ2) is 4.01. The number of carbonyl (C=O) groups is 1. The summed E-state index contributed by atoms with van der Waals surface area (Å²) in [5.74, 6) is 0.789. The first-order valence-corrected chi connectivity index (χ1v) is 6.32. The van der Waals surface area contributed by atoms with E-state index in [1.54, 1.807) is 4.90 Å². The van der Waals surface area contributed by atoms with E-state index in [2.05, 4.69) is 21.0 Å². The van der Waals surface area contributed by atoms with E-state index in [1.165, 1.54) is 0 Å². The summed E-state index contributed by atoms with van der Waals surface area (Å²) in [5.41, 5.74) is 0.403. The zero-order valence-corrected chi connectivity index (χ0v) is 12.0. The Hall–Kier alpha value is -1.04. The number of hydrogen-bond acceptors (Lipinski definition) is 3. The van der Waals surface area contributed by atoms with Gasteiger partial charge in [0.15, 0.2) is 5.82 Å². The van der Waals surface area contributed by atoms with Gasteiger partial charge in [0.1, 0.15) is 5.60 Å². The SMILES string of the molecule is Cc1nn2c(c1Br)N(C(=O)OC(C)(C)C)CC2. The van der Waals surface area contributed by atoms with E-state index in [-0.39, 0.29) is 6.09 Å². The minimum Gasteiger partial charge on any atom is -0.443 e. The average molecular weight is 302 g/mol. The third-order valence-corrected chi connectivity index (χ3v) is 3.36. The molecule has 2 heterocycles. The van der Waals surface area contributed by atoms with E-state index < -0.39 is 5.60 Å². The maximum Gasteiger partial charge on any atom is 0.416 e. The highest BCUT2D eigenvalue weighted by Crippen LogP contribution is 2.33. The van der Waals surface area contributed by atoms with Crippen molar-refractivity contribution in [2.24, 2.45) is 0 Å². The fourth-order valence-corrected chi connectivity index (χ4v) is 2.25. The van der Waals surface area contributed by atoms with Gasteiger partial charge in [-0.1, -0.05) is 0 Å². The van der Waals surface area contributed by atoms with Crippen LogP contribution in [0.15, 0.2) is 4.47 Å². The Morgan fingerprint density at radius 2 is 2.06 bits per heavy atom. The van der Waals surface area contributed by atoms with Crippen LogP contribution in [0.5, 0.6) is 0 Å². The van der Waals surface area contributed by atoms with Crippen molar-refractivity contribution in [3.05, 3.63) is 10.2 Å². The molecule has 0 N–H and O–H groups in total. The Morgan fingerprint density at radius 3 is 2.65 bits per heavy atom. The summed E-state index contributed by atoms with van der Waals surface area (Å²) >= 11 is 3.46. The lowest BCUT2D eigenvalue weighted by molar-refractivity contribution is 0.0584. The van der Waals surface area contributed by atoms with Gasteiger partial charge in [-0.05, 0) is 43.6 Å². The Balaban J connectivity index is 2.25. The highest BCUT2D eigenvalue weighted by atomic mass is 79.9. The fourth-order valence-electron chi connectivity index (χ4n) is 1.76. The van der Waals surface area contributed by atoms with Gasteiger partial charge in [-0.2, -0.15) is 5.10 Å². The first-order chi connectivity index (χ1) is 7.79. The van der Waals surface area contributed by atoms with Crippen LogP contribution in [0.2, 0.25) is 0 Å². The quantitative estimate of drug-likeness (QED) is 0.740. The summed E-state index contributed by atoms with van der Waals surface area (Å²) in [7, 11) is 0. The number of fused-ring (bicyclic) bond motifs is 1. The number of ether oxygens (including phenoxy) is 1. The van der Waals surface area contributed by atoms with Crippen LogP contribution >= 0.6 is 15.9 Å². The third-order valence-electron chi connectivity index (χ3n) is 2.43. The average Bonchev–Trinajstić information content (AvgIpc) is 2.67. The molecule has 6 heteroatoms. The van der Waals surface area contributed by atoms with Crippen molar-refractivity contribution in [1.82, 2.24) is 9.78 Å². The maximum atomic E-state index is 12.0. The molecule has 0 fully saturated rings. The number of hydrogen-bond donors (Lipinski definition) is 0. The van der Waals surface area contributed by atoms with Crippen molar-refractivity contribution >= 4 is 27.8 Å². The van der Waals surface area contributed by atoms with Gasteiger partial charge in [-0.15, -0.1) is 0 Å². The molecule has 0 spiro atoms. The van der Waals surface area contributed by atoms with E-state index in [9.17, 15) is 4.79 Å². The van der Waals surface area contributed by atoms with Crippen molar-refractivity contribution in [3.63, 3.8) is 0 Å². The fraction of sp³-hybridized carbons (Fsp3) is 0.636. The normalized spacial score (nSPS) is 15.0. The zero-order valence-electron chi connectivity index (χ0n) is 10.5. The molecule has 0 saturated carbocycles. The number of nitrogens with zero attached hydrogens (tertiary/aromatic N) is 3. The molecule has 0 unspecified atom stereocenters. The van der Waals surface area contributed by atoms with Gasteiger partial charge in [-0.3, -0.25) is 4.90 Å². The lowest BCUT2D eigenvalue weighted by Crippen LogP contribution is -2.35. The van der Waals surface area contributed by atoms with Gasteiger partial charge in [0.25, 0.3) is 0 Å². The van der Waals surface area contributed by atoms with Crippen LogP contribution in [-0.4, -0.2) is 28.0 Å². The van der Waals surface area contributed by atoms with Gasteiger partial charge < -0.3 is 4.74 Å². The van der Waals surface area contributed by atoms with E-state index in [0.717, 1.165) is 16.0 Å². The Morgan fingerprint density at radius 1 is 1.41 bits per heavy atom. The number of carbonyl (C=O) groups excluding carboxylic acids is 1. The van der Waals surface area contributed by atoms with E-state index >= 15 is 0 Å². The van der Waals surface area contributed by atoms with Gasteiger partial charge in [0.2, 0.25) is 0 Å². The number of amides is 1. The molecule has 0 radical (unpaired) electrons. The molecule has 2 rings (SSSR count). The number of rotatable bonds is 0. The number of aromatic nitrogens is 2. The van der Waals surface area contributed by atoms with Crippen LogP contribution in [0.3, 0.4) is 0 Å². The molecule has 0 aliphatic carbocycles. The molecule has 1 aliphatic rings. The second-order valence-electron chi connectivity index (χ2n) is 5.08. The number of anilines is 1. The maximum absolute atomic E-state index is 12.0. The molecule has 94 valence electrons. The standard InChI is InChI=1S/C11H16BrN3O2/c1-7-8(12)9-14(5-6-15(9)13-7)10(16)17-11(2,3)4/h5-6H2,1-4H3. The molecule has 0 bridgehead atoms. The zero-order chi connectivity index (χ0) is 12.8. The monoisotopic (exact) mass is 301 g/mol. The molecular weight excluding hydrogens is 286 g/mol. The summed E-state index contributed by atoms with van der Waals surface area (Å²) in [6.07, 6.45) is -0.322. The first kappa shape index (κ1) is 12.4. The summed E-state index contributed by atoms with van der Waals surface area (Å²) in [5, 5.41) is 4.34. The minimum atomic E-state index is -0.480. The topological polar surface area (TPSA) is 47.4 Å². The van der Waals surface area contributed by atoms with Crippen LogP contribution in [0.25, 0.3) is 0 Å². The molecular formula is C11H16BrN3O2. The van der Waals surface area contributed by atoms with Crippen LogP contribution in [0.1, 0.15) is 26.5 Å². The number of aryl methyl sites for hydroxylation is 1. The van der Waals surface area contributed by atoms with Crippen molar-refractivity contribution in [2.45, 2.75) is 39.8 Å². The van der Waals surface area contributed by atoms with E-state index in [4.69, 9.17) is 4.74 Å². The molecule has 5 nitrogen and oxygen atoms in total.